The predicted molar refractivity (Wildman–Crippen MR) is 110 cm³/mol. The van der Waals surface area contributed by atoms with Crippen molar-refractivity contribution in [2.24, 2.45) is 0 Å². The van der Waals surface area contributed by atoms with Crippen LogP contribution in [0.2, 0.25) is 0 Å². The van der Waals surface area contributed by atoms with E-state index in [4.69, 9.17) is 27.4 Å². The molecule has 0 aliphatic rings. The molecule has 0 saturated heterocycles. The molecule has 0 aliphatic heterocycles. The second kappa shape index (κ2) is 8.48. The highest BCUT2D eigenvalue weighted by molar-refractivity contribution is 5.57. The van der Waals surface area contributed by atoms with Crippen molar-refractivity contribution in [3.05, 3.63) is 65.1 Å². The van der Waals surface area contributed by atoms with Crippen LogP contribution in [0.1, 0.15) is 36.5 Å². The standard InChI is InChI=1S/C22H21FN4O2/c1-4-15-9-19(29-20-11-26-22(25)27-21(20)24)17(13(2)3)10-18(15)28-12-14-6-5-7-16(23)8-14/h1,5-11,13H,12H2,2-3H3,(H4,24,25,26,27). The van der Waals surface area contributed by atoms with Crippen LogP contribution in [0.4, 0.5) is 16.2 Å². The smallest absolute Gasteiger partial charge is 0.222 e. The fourth-order valence-electron chi connectivity index (χ4n) is 2.73. The molecule has 0 aliphatic carbocycles. The summed E-state index contributed by atoms with van der Waals surface area (Å²) in [6.07, 6.45) is 7.08. The van der Waals surface area contributed by atoms with Crippen LogP contribution in [0.25, 0.3) is 0 Å². The lowest BCUT2D eigenvalue weighted by Gasteiger charge is -2.18. The van der Waals surface area contributed by atoms with Gasteiger partial charge in [0.25, 0.3) is 0 Å². The number of halogens is 1. The number of nitrogen functional groups attached to an aromatic ring is 2. The largest absolute Gasteiger partial charge is 0.488 e. The van der Waals surface area contributed by atoms with E-state index in [-0.39, 0.29) is 35.9 Å². The summed E-state index contributed by atoms with van der Waals surface area (Å²) >= 11 is 0. The lowest BCUT2D eigenvalue weighted by molar-refractivity contribution is 0.303. The molecule has 0 atom stereocenters. The van der Waals surface area contributed by atoms with Crippen molar-refractivity contribution < 1.29 is 13.9 Å². The zero-order valence-electron chi connectivity index (χ0n) is 16.1. The van der Waals surface area contributed by atoms with Crippen LogP contribution in [0.15, 0.2) is 42.6 Å². The van der Waals surface area contributed by atoms with Crippen molar-refractivity contribution >= 4 is 11.8 Å². The molecule has 0 saturated carbocycles. The van der Waals surface area contributed by atoms with Gasteiger partial charge in [0.2, 0.25) is 5.95 Å². The van der Waals surface area contributed by atoms with Crippen molar-refractivity contribution in [1.29, 1.82) is 0 Å². The van der Waals surface area contributed by atoms with Gasteiger partial charge in [-0.2, -0.15) is 4.98 Å². The van der Waals surface area contributed by atoms with Crippen molar-refractivity contribution in [1.82, 2.24) is 9.97 Å². The van der Waals surface area contributed by atoms with E-state index >= 15 is 0 Å². The molecular weight excluding hydrogens is 371 g/mol. The zero-order valence-corrected chi connectivity index (χ0v) is 16.1. The molecule has 0 bridgehead atoms. The van der Waals surface area contributed by atoms with E-state index < -0.39 is 0 Å². The van der Waals surface area contributed by atoms with Crippen LogP contribution < -0.4 is 20.9 Å². The maximum atomic E-state index is 13.4. The van der Waals surface area contributed by atoms with Crippen LogP contribution in [0.3, 0.4) is 0 Å². The van der Waals surface area contributed by atoms with Crippen molar-refractivity contribution in [2.45, 2.75) is 26.4 Å². The number of rotatable bonds is 6. The van der Waals surface area contributed by atoms with E-state index in [2.05, 4.69) is 15.9 Å². The minimum atomic E-state index is -0.321. The molecule has 0 radical (unpaired) electrons. The van der Waals surface area contributed by atoms with Gasteiger partial charge < -0.3 is 20.9 Å². The number of hydrogen-bond acceptors (Lipinski definition) is 6. The summed E-state index contributed by atoms with van der Waals surface area (Å²) in [7, 11) is 0. The summed E-state index contributed by atoms with van der Waals surface area (Å²) in [5, 5.41) is 0. The first-order chi connectivity index (χ1) is 13.9. The summed E-state index contributed by atoms with van der Waals surface area (Å²) in [5.41, 5.74) is 13.5. The van der Waals surface area contributed by atoms with Crippen LogP contribution in [0, 0.1) is 18.2 Å². The average molecular weight is 392 g/mol. The molecule has 4 N–H and O–H groups in total. The molecule has 1 heterocycles. The van der Waals surface area contributed by atoms with Crippen LogP contribution in [0.5, 0.6) is 17.2 Å². The van der Waals surface area contributed by atoms with Gasteiger partial charge in [-0.25, -0.2) is 9.37 Å². The summed E-state index contributed by atoms with van der Waals surface area (Å²) < 4.78 is 25.2. The minimum Gasteiger partial charge on any atom is -0.488 e. The monoisotopic (exact) mass is 392 g/mol. The SMILES string of the molecule is C#Cc1cc(Oc2cnc(N)nc2N)c(C(C)C)cc1OCc1cccc(F)c1. The third kappa shape index (κ3) is 4.74. The lowest BCUT2D eigenvalue weighted by Crippen LogP contribution is -2.04. The minimum absolute atomic E-state index is 0.0596. The Morgan fingerprint density at radius 3 is 2.59 bits per heavy atom. The highest BCUT2D eigenvalue weighted by Crippen LogP contribution is 2.37. The lowest BCUT2D eigenvalue weighted by atomic mass is 9.99. The molecule has 1 aromatic heterocycles. The molecule has 3 rings (SSSR count). The number of ether oxygens (including phenoxy) is 2. The van der Waals surface area contributed by atoms with E-state index in [1.807, 2.05) is 19.9 Å². The van der Waals surface area contributed by atoms with Gasteiger partial charge in [-0.05, 0) is 29.7 Å². The first-order valence-corrected chi connectivity index (χ1v) is 8.95. The van der Waals surface area contributed by atoms with Crippen LogP contribution >= 0.6 is 0 Å². The third-order valence-corrected chi connectivity index (χ3v) is 4.19. The molecule has 3 aromatic rings. The molecule has 0 spiro atoms. The maximum Gasteiger partial charge on any atom is 0.222 e. The van der Waals surface area contributed by atoms with Gasteiger partial charge >= 0.3 is 0 Å². The van der Waals surface area contributed by atoms with Crippen LogP contribution in [-0.2, 0) is 6.61 Å². The van der Waals surface area contributed by atoms with Gasteiger partial charge in [-0.3, -0.25) is 0 Å². The number of anilines is 2. The Morgan fingerprint density at radius 1 is 1.14 bits per heavy atom. The zero-order chi connectivity index (χ0) is 21.0. The second-order valence-corrected chi connectivity index (χ2v) is 6.68. The summed E-state index contributed by atoms with van der Waals surface area (Å²) in [6.45, 7) is 4.21. The van der Waals surface area contributed by atoms with Crippen molar-refractivity contribution in [2.75, 3.05) is 11.5 Å². The molecular formula is C22H21FN4O2. The fraction of sp³-hybridized carbons (Fsp3) is 0.182. The number of nitrogens with zero attached hydrogens (tertiary/aromatic N) is 2. The van der Waals surface area contributed by atoms with E-state index in [0.29, 0.717) is 22.6 Å². The number of benzene rings is 2. The second-order valence-electron chi connectivity index (χ2n) is 6.68. The Morgan fingerprint density at radius 2 is 1.93 bits per heavy atom. The third-order valence-electron chi connectivity index (χ3n) is 4.19. The Kier molecular flexibility index (Phi) is 5.84. The first kappa shape index (κ1) is 20.0. The molecule has 29 heavy (non-hydrogen) atoms. The van der Waals surface area contributed by atoms with E-state index in [9.17, 15) is 4.39 Å². The molecule has 148 valence electrons. The van der Waals surface area contributed by atoms with Gasteiger partial charge in [-0.1, -0.05) is 31.9 Å². The average Bonchev–Trinajstić information content (AvgIpc) is 2.68. The Labute approximate surface area is 168 Å². The summed E-state index contributed by atoms with van der Waals surface area (Å²) in [6, 6.07) is 9.73. The number of hydrogen-bond donors (Lipinski definition) is 2. The fourth-order valence-corrected chi connectivity index (χ4v) is 2.73. The van der Waals surface area contributed by atoms with Crippen LogP contribution in [-0.4, -0.2) is 9.97 Å². The Bertz CT molecular complexity index is 1080. The van der Waals surface area contributed by atoms with Crippen molar-refractivity contribution in [3.8, 4) is 29.6 Å². The van der Waals surface area contributed by atoms with E-state index in [1.54, 1.807) is 18.2 Å². The van der Waals surface area contributed by atoms with Gasteiger partial charge in [0.1, 0.15) is 23.9 Å². The predicted octanol–water partition coefficient (Wildman–Crippen LogP) is 4.26. The van der Waals surface area contributed by atoms with Gasteiger partial charge in [0.05, 0.1) is 11.8 Å². The molecule has 2 aromatic carbocycles. The number of nitrogens with two attached hydrogens (primary N) is 2. The first-order valence-electron chi connectivity index (χ1n) is 8.95. The normalized spacial score (nSPS) is 10.6. The van der Waals surface area contributed by atoms with Crippen molar-refractivity contribution in [3.63, 3.8) is 0 Å². The molecule has 0 amide bonds. The van der Waals surface area contributed by atoms with Gasteiger partial charge in [-0.15, -0.1) is 6.42 Å². The number of aromatic nitrogens is 2. The number of terminal acetylenes is 1. The van der Waals surface area contributed by atoms with Gasteiger partial charge in [0, 0.05) is 11.6 Å². The van der Waals surface area contributed by atoms with Gasteiger partial charge in [0.15, 0.2) is 11.6 Å². The summed E-state index contributed by atoms with van der Waals surface area (Å²) in [5.74, 6) is 3.87. The topological polar surface area (TPSA) is 96.3 Å². The Hall–Kier alpha value is -3.79. The quantitative estimate of drug-likeness (QED) is 0.609. The summed E-state index contributed by atoms with van der Waals surface area (Å²) in [4.78, 5) is 7.81. The molecule has 0 unspecified atom stereocenters. The van der Waals surface area contributed by atoms with E-state index in [0.717, 1.165) is 5.56 Å². The molecule has 6 nitrogen and oxygen atoms in total. The van der Waals surface area contributed by atoms with E-state index in [1.165, 1.54) is 18.3 Å². The highest BCUT2D eigenvalue weighted by Gasteiger charge is 2.16. The highest BCUT2D eigenvalue weighted by atomic mass is 19.1. The molecule has 0 fully saturated rings. The Balaban J connectivity index is 1.93. The maximum absolute atomic E-state index is 13.4. The molecule has 7 heteroatoms.